The van der Waals surface area contributed by atoms with Gasteiger partial charge in [-0.2, -0.15) is 0 Å². The summed E-state index contributed by atoms with van der Waals surface area (Å²) in [4.78, 5) is 20.3. The molecule has 1 aromatic carbocycles. The maximum Gasteiger partial charge on any atom is 0.150 e. The van der Waals surface area contributed by atoms with Crippen LogP contribution in [-0.2, 0) is 0 Å². The zero-order valence-corrected chi connectivity index (χ0v) is 12.3. The molecule has 0 amide bonds. The Kier molecular flexibility index (Phi) is 26.1. The van der Waals surface area contributed by atoms with E-state index in [1.165, 1.54) is 30.7 Å². The van der Waals surface area contributed by atoms with E-state index in [4.69, 9.17) is 5.11 Å². The van der Waals surface area contributed by atoms with Gasteiger partial charge in [0.05, 0.1) is 19.1 Å². The molecule has 0 spiro atoms. The van der Waals surface area contributed by atoms with Crippen LogP contribution in [0, 0.1) is 0 Å². The second-order valence-electron chi connectivity index (χ2n) is 3.31. The van der Waals surface area contributed by atoms with Gasteiger partial charge >= 0.3 is 0 Å². The molecule has 0 saturated carbocycles. The van der Waals surface area contributed by atoms with Gasteiger partial charge in [0.15, 0.2) is 0 Å². The molecule has 0 atom stereocenters. The summed E-state index contributed by atoms with van der Waals surface area (Å²) in [5.41, 5.74) is 3.89. The first kappa shape index (κ1) is 26.7. The summed E-state index contributed by atoms with van der Waals surface area (Å²) in [6, 6.07) is 5.52. The van der Waals surface area contributed by atoms with Gasteiger partial charge < -0.3 is 32.4 Å². The van der Waals surface area contributed by atoms with E-state index in [0.717, 1.165) is 0 Å². The van der Waals surface area contributed by atoms with E-state index in [1.807, 2.05) is 0 Å². The maximum atomic E-state index is 10.2. The minimum Gasteiger partial charge on any atom is -0.870 e. The first-order chi connectivity index (χ1) is 8.56. The number of aldehydes is 1. The summed E-state index contributed by atoms with van der Waals surface area (Å²) < 4.78 is 0. The van der Waals surface area contributed by atoms with Crippen molar-refractivity contribution < 1.29 is 32.4 Å². The summed E-state index contributed by atoms with van der Waals surface area (Å²) in [6.07, 6.45) is 1.90. The lowest BCUT2D eigenvalue weighted by molar-refractivity contribution is -0.372. The van der Waals surface area contributed by atoms with E-state index in [0.29, 0.717) is 18.4 Å². The van der Waals surface area contributed by atoms with Crippen molar-refractivity contribution in [2.75, 3.05) is 13.2 Å². The maximum absolute atomic E-state index is 10.2. The van der Waals surface area contributed by atoms with Crippen molar-refractivity contribution in [3.8, 4) is 0 Å². The van der Waals surface area contributed by atoms with Crippen LogP contribution in [0.2, 0.25) is 0 Å². The smallest absolute Gasteiger partial charge is 0.150 e. The van der Waals surface area contributed by atoms with E-state index >= 15 is 0 Å². The zero-order chi connectivity index (χ0) is 14.4. The number of quaternary nitrogens is 2. The van der Waals surface area contributed by atoms with E-state index in [1.54, 1.807) is 0 Å². The molecule has 0 radical (unpaired) electrons. The molecule has 0 aliphatic rings. The van der Waals surface area contributed by atoms with Crippen LogP contribution in [0.3, 0.4) is 0 Å². The van der Waals surface area contributed by atoms with Crippen LogP contribution in [0.4, 0.5) is 0 Å². The second kappa shape index (κ2) is 19.5. The van der Waals surface area contributed by atoms with E-state index in [-0.39, 0.29) is 25.2 Å². The molecule has 0 fully saturated rings. The van der Waals surface area contributed by atoms with Gasteiger partial charge in [0, 0.05) is 6.99 Å². The third-order valence-electron chi connectivity index (χ3n) is 1.44. The Bertz CT molecular complexity index is 332. The molecule has 7 heteroatoms. The topological polar surface area (TPSA) is 172 Å². The van der Waals surface area contributed by atoms with Crippen molar-refractivity contribution in [2.24, 2.45) is 0 Å². The molecule has 120 valence electrons. The lowest BCUT2D eigenvalue weighted by Crippen LogP contribution is -2.51. The first-order valence-electron chi connectivity index (χ1n) is 5.73. The third-order valence-corrected chi connectivity index (χ3v) is 1.44. The monoisotopic (exact) mass is 292 g/mol. The van der Waals surface area contributed by atoms with Gasteiger partial charge in [-0.25, -0.2) is 0 Å². The molecule has 0 heterocycles. The minimum atomic E-state index is -1.23. The molecule has 1 aromatic rings. The number of hydrogen-bond acceptors (Lipinski definition) is 5. The summed E-state index contributed by atoms with van der Waals surface area (Å²) >= 11 is 0. The predicted molar refractivity (Wildman–Crippen MR) is 77.0 cm³/mol. The van der Waals surface area contributed by atoms with Gasteiger partial charge in [-0.15, -0.1) is 0 Å². The molecular formula is C13H28N2O5. The van der Waals surface area contributed by atoms with E-state index in [2.05, 4.69) is 19.6 Å². The van der Waals surface area contributed by atoms with Gasteiger partial charge in [0.2, 0.25) is 0 Å². The summed E-state index contributed by atoms with van der Waals surface area (Å²) in [5.74, 6) is -1.23. The lowest BCUT2D eigenvalue weighted by atomic mass is 10.1. The highest BCUT2D eigenvalue weighted by Crippen LogP contribution is 2.00. The number of carboxylic acid groups (broad SMARTS) is 1. The summed E-state index contributed by atoms with van der Waals surface area (Å²) in [6.45, 7) is 5.08. The van der Waals surface area contributed by atoms with Gasteiger partial charge in [-0.05, 0) is 5.56 Å². The van der Waals surface area contributed by atoms with Crippen LogP contribution in [0.25, 0.3) is 0 Å². The Balaban J connectivity index is -0.0000000740. The van der Waals surface area contributed by atoms with Crippen LogP contribution in [0.15, 0.2) is 24.3 Å². The molecule has 20 heavy (non-hydrogen) atoms. The van der Waals surface area contributed by atoms with E-state index < -0.39 is 5.97 Å². The molecule has 0 aliphatic carbocycles. The van der Waals surface area contributed by atoms with Crippen LogP contribution < -0.4 is 17.0 Å². The fourth-order valence-electron chi connectivity index (χ4n) is 0.698. The van der Waals surface area contributed by atoms with Crippen LogP contribution in [0.5, 0.6) is 0 Å². The van der Waals surface area contributed by atoms with Gasteiger partial charge in [0.25, 0.3) is 0 Å². The average molecular weight is 292 g/mol. The van der Waals surface area contributed by atoms with Crippen molar-refractivity contribution in [1.29, 1.82) is 0 Å². The first-order valence-corrected chi connectivity index (χ1v) is 5.73. The number of aromatic carboxylic acids is 1. The number of hydrogen-bond donors (Lipinski definition) is 3. The van der Waals surface area contributed by atoms with Gasteiger partial charge in [-0.1, -0.05) is 44.5 Å². The Labute approximate surface area is 120 Å². The number of carbonyl (C=O) groups excluding carboxylic acids is 2. The number of carboxylic acids is 1. The number of benzene rings is 1. The molecule has 0 bridgehead atoms. The van der Waals surface area contributed by atoms with Gasteiger partial charge in [-0.3, -0.25) is 4.79 Å². The Morgan fingerprint density at radius 3 is 1.90 bits per heavy atom. The molecule has 0 aliphatic heterocycles. The molecular weight excluding hydrogens is 264 g/mol. The Morgan fingerprint density at radius 1 is 1.35 bits per heavy atom. The predicted octanol–water partition coefficient (Wildman–Crippen LogP) is -0.0551. The zero-order valence-electron chi connectivity index (χ0n) is 12.3. The summed E-state index contributed by atoms with van der Waals surface area (Å²) in [7, 11) is 0. The Hall–Kier alpha value is -1.80. The highest BCUT2D eigenvalue weighted by atomic mass is 16.4. The van der Waals surface area contributed by atoms with Crippen LogP contribution >= 0.6 is 0 Å². The molecule has 1 rings (SSSR count). The molecule has 0 unspecified atom stereocenters. The van der Waals surface area contributed by atoms with Crippen molar-refractivity contribution in [2.45, 2.75) is 20.3 Å². The third kappa shape index (κ3) is 16.2. The summed E-state index contributed by atoms with van der Waals surface area (Å²) in [5, 5.41) is 18.0. The van der Waals surface area contributed by atoms with Crippen molar-refractivity contribution in [3.63, 3.8) is 0 Å². The quantitative estimate of drug-likeness (QED) is 0.661. The molecule has 7 nitrogen and oxygen atoms in total. The number of rotatable bonds is 3. The van der Waals surface area contributed by atoms with Crippen molar-refractivity contribution >= 4 is 12.3 Å². The lowest BCUT2D eigenvalue weighted by Gasteiger charge is -1.99. The SMILES string of the molecule is CCC.O=Cc1ccc(C(=O)[O-])cc1.[HH].[NH3+]CCO.[NH4+].[OH-]. The van der Waals surface area contributed by atoms with Crippen molar-refractivity contribution in [1.82, 2.24) is 6.15 Å². The standard InChI is InChI=1S/C8H6O3.C3H8.C2H7NO.H3N.H2O.H2/c9-5-6-1-3-7(4-2-6)8(10)11;1-3-2;3-1-2-4;;;/h1-5H,(H,10,11);3H2,1-2H3;4H,1-3H2;1H3;1H2;1H. The minimum absolute atomic E-state index is 0. The largest absolute Gasteiger partial charge is 0.870 e. The highest BCUT2D eigenvalue weighted by molar-refractivity contribution is 5.87. The second-order valence-corrected chi connectivity index (χ2v) is 3.31. The fourth-order valence-corrected chi connectivity index (χ4v) is 0.698. The highest BCUT2D eigenvalue weighted by Gasteiger charge is 1.92. The van der Waals surface area contributed by atoms with E-state index in [9.17, 15) is 14.7 Å². The normalized spacial score (nSPS) is 7.40. The fraction of sp³-hybridized carbons (Fsp3) is 0.385. The molecule has 0 aromatic heterocycles. The van der Waals surface area contributed by atoms with Crippen molar-refractivity contribution in [3.05, 3.63) is 35.4 Å². The molecule has 0 saturated heterocycles. The van der Waals surface area contributed by atoms with Gasteiger partial charge in [0.1, 0.15) is 6.29 Å². The number of aliphatic hydroxyl groups excluding tert-OH is 1. The molecule has 9 N–H and O–H groups in total. The Morgan fingerprint density at radius 2 is 1.70 bits per heavy atom. The number of aliphatic hydroxyl groups is 1. The number of carbonyl (C=O) groups is 2. The van der Waals surface area contributed by atoms with Crippen LogP contribution in [0.1, 0.15) is 42.4 Å². The van der Waals surface area contributed by atoms with Crippen LogP contribution in [-0.4, -0.2) is 36.0 Å². The average Bonchev–Trinajstić information content (AvgIpc) is 2.40.